The van der Waals surface area contributed by atoms with Crippen molar-refractivity contribution >= 4 is 21.8 Å². The van der Waals surface area contributed by atoms with Crippen LogP contribution >= 0.6 is 15.9 Å². The summed E-state index contributed by atoms with van der Waals surface area (Å²) in [6, 6.07) is 1.34. The molecule has 6 heteroatoms. The minimum atomic E-state index is -0.275. The average Bonchev–Trinajstić information content (AvgIpc) is 2.34. The lowest BCUT2D eigenvalue weighted by Crippen LogP contribution is -2.37. The maximum absolute atomic E-state index is 12.1. The van der Waals surface area contributed by atoms with Crippen LogP contribution in [-0.4, -0.2) is 47.9 Å². The van der Waals surface area contributed by atoms with Crippen LogP contribution in [0.2, 0.25) is 0 Å². The molecule has 0 spiro atoms. The summed E-state index contributed by atoms with van der Waals surface area (Å²) < 4.78 is 4.94. The zero-order valence-electron chi connectivity index (χ0n) is 9.61. The van der Waals surface area contributed by atoms with E-state index in [0.717, 1.165) is 0 Å². The molecule has 0 aliphatic carbocycles. The third kappa shape index (κ3) is 3.98. The van der Waals surface area contributed by atoms with Gasteiger partial charge < -0.3 is 14.6 Å². The van der Waals surface area contributed by atoms with Gasteiger partial charge in [-0.25, -0.2) is 0 Å². The summed E-state index contributed by atoms with van der Waals surface area (Å²) in [6.45, 7) is 1.45. The maximum atomic E-state index is 12.1. The van der Waals surface area contributed by atoms with E-state index in [0.29, 0.717) is 25.0 Å². The van der Waals surface area contributed by atoms with Gasteiger partial charge in [-0.15, -0.1) is 0 Å². The number of methoxy groups -OCH3 is 1. The second-order valence-electron chi connectivity index (χ2n) is 3.40. The van der Waals surface area contributed by atoms with Crippen molar-refractivity contribution in [3.63, 3.8) is 0 Å². The lowest BCUT2D eigenvalue weighted by Gasteiger charge is -2.20. The standard InChI is InChI=1S/C11H15BrN2O3/c1-17-7-6-14(5-3-12)11(16)9-8-13-4-2-10(9)15/h2,4,8H,3,5-7H2,1H3,(H,13,15). The van der Waals surface area contributed by atoms with Gasteiger partial charge in [-0.3, -0.25) is 9.59 Å². The van der Waals surface area contributed by atoms with Gasteiger partial charge in [0.1, 0.15) is 5.56 Å². The number of hydrogen-bond acceptors (Lipinski definition) is 3. The molecule has 5 nitrogen and oxygen atoms in total. The number of rotatable bonds is 6. The Morgan fingerprint density at radius 2 is 2.29 bits per heavy atom. The van der Waals surface area contributed by atoms with E-state index >= 15 is 0 Å². The molecule has 1 aromatic heterocycles. The van der Waals surface area contributed by atoms with Crippen LogP contribution in [0.1, 0.15) is 10.4 Å². The maximum Gasteiger partial charge on any atom is 0.259 e. The highest BCUT2D eigenvalue weighted by molar-refractivity contribution is 9.09. The van der Waals surface area contributed by atoms with Gasteiger partial charge in [0.2, 0.25) is 0 Å². The van der Waals surface area contributed by atoms with Crippen molar-refractivity contribution in [3.05, 3.63) is 34.2 Å². The van der Waals surface area contributed by atoms with Crippen LogP contribution in [0.25, 0.3) is 0 Å². The minimum Gasteiger partial charge on any atom is -0.383 e. The Morgan fingerprint density at radius 3 is 2.88 bits per heavy atom. The number of amides is 1. The molecule has 1 N–H and O–H groups in total. The molecular weight excluding hydrogens is 288 g/mol. The second-order valence-corrected chi connectivity index (χ2v) is 4.19. The molecule has 1 aromatic rings. The van der Waals surface area contributed by atoms with E-state index in [4.69, 9.17) is 4.74 Å². The Morgan fingerprint density at radius 1 is 1.53 bits per heavy atom. The number of aromatic nitrogens is 1. The minimum absolute atomic E-state index is 0.157. The van der Waals surface area contributed by atoms with Gasteiger partial charge >= 0.3 is 0 Å². The van der Waals surface area contributed by atoms with Crippen LogP contribution in [0.3, 0.4) is 0 Å². The molecular formula is C11H15BrN2O3. The molecule has 0 aromatic carbocycles. The molecule has 94 valence electrons. The molecule has 0 saturated heterocycles. The Labute approximate surface area is 108 Å². The normalized spacial score (nSPS) is 10.2. The molecule has 1 heterocycles. The van der Waals surface area contributed by atoms with Crippen molar-refractivity contribution in [2.24, 2.45) is 0 Å². The van der Waals surface area contributed by atoms with Crippen molar-refractivity contribution < 1.29 is 9.53 Å². The van der Waals surface area contributed by atoms with Crippen molar-refractivity contribution in [2.45, 2.75) is 0 Å². The molecule has 0 aliphatic rings. The van der Waals surface area contributed by atoms with Crippen molar-refractivity contribution in [2.75, 3.05) is 32.1 Å². The Balaban J connectivity index is 2.84. The van der Waals surface area contributed by atoms with Crippen LogP contribution in [0.15, 0.2) is 23.3 Å². The largest absolute Gasteiger partial charge is 0.383 e. The fraction of sp³-hybridized carbons (Fsp3) is 0.455. The lowest BCUT2D eigenvalue weighted by atomic mass is 10.2. The lowest BCUT2D eigenvalue weighted by molar-refractivity contribution is 0.0707. The zero-order valence-corrected chi connectivity index (χ0v) is 11.2. The number of ether oxygens (including phenoxy) is 1. The van der Waals surface area contributed by atoms with Gasteiger partial charge in [0, 0.05) is 44.0 Å². The number of hydrogen-bond donors (Lipinski definition) is 1. The van der Waals surface area contributed by atoms with E-state index < -0.39 is 0 Å². The molecule has 0 unspecified atom stereocenters. The molecule has 0 atom stereocenters. The highest BCUT2D eigenvalue weighted by Gasteiger charge is 2.17. The Hall–Kier alpha value is -1.14. The fourth-order valence-electron chi connectivity index (χ4n) is 1.37. The van der Waals surface area contributed by atoms with Gasteiger partial charge in [0.05, 0.1) is 6.61 Å². The number of carbonyl (C=O) groups is 1. The number of nitrogens with one attached hydrogen (secondary N) is 1. The third-order valence-electron chi connectivity index (χ3n) is 2.26. The van der Waals surface area contributed by atoms with Gasteiger partial charge in [0.15, 0.2) is 5.43 Å². The van der Waals surface area contributed by atoms with Crippen LogP contribution in [0.4, 0.5) is 0 Å². The predicted octanol–water partition coefficient (Wildman–Crippen LogP) is 0.858. The van der Waals surface area contributed by atoms with Crippen LogP contribution in [0, 0.1) is 0 Å². The second kappa shape index (κ2) is 7.24. The Kier molecular flexibility index (Phi) is 5.93. The van der Waals surface area contributed by atoms with Gasteiger partial charge in [0.25, 0.3) is 5.91 Å². The quantitative estimate of drug-likeness (QED) is 0.793. The van der Waals surface area contributed by atoms with Crippen molar-refractivity contribution in [3.8, 4) is 0 Å². The molecule has 0 saturated carbocycles. The van der Waals surface area contributed by atoms with E-state index in [-0.39, 0.29) is 16.9 Å². The van der Waals surface area contributed by atoms with Crippen molar-refractivity contribution in [1.82, 2.24) is 9.88 Å². The highest BCUT2D eigenvalue weighted by atomic mass is 79.9. The van der Waals surface area contributed by atoms with Crippen LogP contribution < -0.4 is 5.43 Å². The topological polar surface area (TPSA) is 62.4 Å². The highest BCUT2D eigenvalue weighted by Crippen LogP contribution is 2.00. The number of H-pyrrole nitrogens is 1. The first-order valence-corrected chi connectivity index (χ1v) is 6.34. The summed E-state index contributed by atoms with van der Waals surface area (Å²) in [6.07, 6.45) is 2.93. The summed E-state index contributed by atoms with van der Waals surface area (Å²) in [5.41, 5.74) is -0.115. The summed E-state index contributed by atoms with van der Waals surface area (Å²) >= 11 is 3.28. The molecule has 0 fully saturated rings. The number of carbonyl (C=O) groups excluding carboxylic acids is 1. The Bertz CT molecular complexity index is 419. The monoisotopic (exact) mass is 302 g/mol. The molecule has 0 radical (unpaired) electrons. The first-order valence-electron chi connectivity index (χ1n) is 5.22. The fourth-order valence-corrected chi connectivity index (χ4v) is 1.80. The van der Waals surface area contributed by atoms with Gasteiger partial charge in [-0.2, -0.15) is 0 Å². The molecule has 1 amide bonds. The molecule has 17 heavy (non-hydrogen) atoms. The number of aromatic amines is 1. The summed E-state index contributed by atoms with van der Waals surface area (Å²) in [5, 5.41) is 0.660. The number of halogens is 1. The van der Waals surface area contributed by atoms with E-state index in [2.05, 4.69) is 20.9 Å². The first-order chi connectivity index (χ1) is 8.20. The number of nitrogens with zero attached hydrogens (tertiary/aromatic N) is 1. The van der Waals surface area contributed by atoms with E-state index in [1.165, 1.54) is 18.5 Å². The molecule has 0 aliphatic heterocycles. The number of alkyl halides is 1. The SMILES string of the molecule is COCCN(CCBr)C(=O)c1c[nH]ccc1=O. The molecule has 1 rings (SSSR count). The van der Waals surface area contributed by atoms with Gasteiger partial charge in [-0.05, 0) is 0 Å². The van der Waals surface area contributed by atoms with Crippen LogP contribution in [-0.2, 0) is 4.74 Å². The summed E-state index contributed by atoms with van der Waals surface area (Å²) in [5.74, 6) is -0.275. The van der Waals surface area contributed by atoms with E-state index in [9.17, 15) is 9.59 Å². The number of pyridine rings is 1. The van der Waals surface area contributed by atoms with Crippen LogP contribution in [0.5, 0.6) is 0 Å². The van der Waals surface area contributed by atoms with Gasteiger partial charge in [-0.1, -0.05) is 15.9 Å². The summed E-state index contributed by atoms with van der Waals surface area (Å²) in [7, 11) is 1.58. The van der Waals surface area contributed by atoms with E-state index in [1.807, 2.05) is 0 Å². The smallest absolute Gasteiger partial charge is 0.259 e. The summed E-state index contributed by atoms with van der Waals surface area (Å²) in [4.78, 5) is 28.0. The first kappa shape index (κ1) is 13.9. The zero-order chi connectivity index (χ0) is 12.7. The van der Waals surface area contributed by atoms with E-state index in [1.54, 1.807) is 12.0 Å². The third-order valence-corrected chi connectivity index (χ3v) is 2.62. The van der Waals surface area contributed by atoms with Crippen molar-refractivity contribution in [1.29, 1.82) is 0 Å². The average molecular weight is 303 g/mol. The predicted molar refractivity (Wildman–Crippen MR) is 68.6 cm³/mol. The molecule has 0 bridgehead atoms.